The van der Waals surface area contributed by atoms with E-state index in [-0.39, 0.29) is 0 Å². The number of benzene rings is 1. The Bertz CT molecular complexity index is 597. The molecule has 0 unspecified atom stereocenters. The van der Waals surface area contributed by atoms with Crippen LogP contribution in [0.4, 0.5) is 0 Å². The number of hydrogen-bond donors (Lipinski definition) is 1. The van der Waals surface area contributed by atoms with Gasteiger partial charge in [0, 0.05) is 32.7 Å². The molecular formula is C18H27N5. The van der Waals surface area contributed by atoms with E-state index in [9.17, 15) is 0 Å². The summed E-state index contributed by atoms with van der Waals surface area (Å²) in [6.45, 7) is 8.80. The summed E-state index contributed by atoms with van der Waals surface area (Å²) in [5.41, 5.74) is 1.40. The van der Waals surface area contributed by atoms with Gasteiger partial charge in [0.1, 0.15) is 12.2 Å². The van der Waals surface area contributed by atoms with Gasteiger partial charge in [0.15, 0.2) is 0 Å². The minimum absolute atomic E-state index is 0.527. The number of hydrogen-bond acceptors (Lipinski definition) is 4. The number of nitrogens with zero attached hydrogens (tertiary/aromatic N) is 4. The second-order valence-electron chi connectivity index (χ2n) is 6.84. The zero-order chi connectivity index (χ0) is 16.2. The number of piperidine rings is 1. The molecule has 1 N–H and O–H groups in total. The molecule has 1 fully saturated rings. The van der Waals surface area contributed by atoms with E-state index in [0.29, 0.717) is 17.9 Å². The summed E-state index contributed by atoms with van der Waals surface area (Å²) in [4.78, 5) is 6.87. The van der Waals surface area contributed by atoms with E-state index in [2.05, 4.69) is 64.5 Å². The SMILES string of the molecule is C[C@H]1CN(Cc2ccccc2)C[C@H](C)C1NCc1ncnn1C. The number of aryl methyl sites for hydroxylation is 1. The summed E-state index contributed by atoms with van der Waals surface area (Å²) in [5, 5.41) is 7.83. The number of aromatic nitrogens is 3. The van der Waals surface area contributed by atoms with Crippen molar-refractivity contribution in [2.45, 2.75) is 33.0 Å². The summed E-state index contributed by atoms with van der Waals surface area (Å²) >= 11 is 0. The zero-order valence-corrected chi connectivity index (χ0v) is 14.3. The molecule has 1 saturated heterocycles. The fourth-order valence-electron chi connectivity index (χ4n) is 3.74. The van der Waals surface area contributed by atoms with Crippen LogP contribution in [0.1, 0.15) is 25.2 Å². The molecule has 0 aliphatic carbocycles. The van der Waals surface area contributed by atoms with Crippen LogP contribution >= 0.6 is 0 Å². The van der Waals surface area contributed by atoms with E-state index in [1.807, 2.05) is 11.7 Å². The first-order chi connectivity index (χ1) is 11.1. The van der Waals surface area contributed by atoms with Crippen molar-refractivity contribution in [1.82, 2.24) is 25.0 Å². The van der Waals surface area contributed by atoms with Crippen LogP contribution in [0.15, 0.2) is 36.7 Å². The smallest absolute Gasteiger partial charge is 0.140 e. The third kappa shape index (κ3) is 3.98. The Labute approximate surface area is 138 Å². The Morgan fingerprint density at radius 2 is 1.83 bits per heavy atom. The highest BCUT2D eigenvalue weighted by Crippen LogP contribution is 2.23. The van der Waals surface area contributed by atoms with Crippen LogP contribution in [0.25, 0.3) is 0 Å². The van der Waals surface area contributed by atoms with Gasteiger partial charge in [-0.3, -0.25) is 9.58 Å². The summed E-state index contributed by atoms with van der Waals surface area (Å²) < 4.78 is 1.84. The maximum atomic E-state index is 4.30. The average molecular weight is 313 g/mol. The highest BCUT2D eigenvalue weighted by molar-refractivity contribution is 5.14. The minimum atomic E-state index is 0.527. The maximum absolute atomic E-state index is 4.30. The van der Waals surface area contributed by atoms with Gasteiger partial charge in [-0.05, 0) is 17.4 Å². The van der Waals surface area contributed by atoms with Crippen molar-refractivity contribution in [2.75, 3.05) is 13.1 Å². The standard InChI is InChI=1S/C18H27N5/c1-14-10-23(12-16-7-5-4-6-8-16)11-15(2)18(14)19-9-17-20-13-21-22(17)3/h4-8,13-15,18-19H,9-12H2,1-3H3/t14-,15-/m0/s1. The lowest BCUT2D eigenvalue weighted by atomic mass is 9.85. The Kier molecular flexibility index (Phi) is 5.08. The summed E-state index contributed by atoms with van der Waals surface area (Å²) in [7, 11) is 1.94. The molecule has 0 spiro atoms. The fourth-order valence-corrected chi connectivity index (χ4v) is 3.74. The molecule has 5 nitrogen and oxygen atoms in total. The maximum Gasteiger partial charge on any atom is 0.140 e. The van der Waals surface area contributed by atoms with E-state index < -0.39 is 0 Å². The molecule has 2 heterocycles. The van der Waals surface area contributed by atoms with Crippen LogP contribution in [-0.2, 0) is 20.1 Å². The quantitative estimate of drug-likeness (QED) is 0.918. The van der Waals surface area contributed by atoms with E-state index in [0.717, 1.165) is 32.0 Å². The number of nitrogens with one attached hydrogen (secondary N) is 1. The monoisotopic (exact) mass is 313 g/mol. The van der Waals surface area contributed by atoms with Crippen molar-refractivity contribution in [2.24, 2.45) is 18.9 Å². The molecule has 2 atom stereocenters. The van der Waals surface area contributed by atoms with Crippen LogP contribution in [-0.4, -0.2) is 38.8 Å². The zero-order valence-electron chi connectivity index (χ0n) is 14.3. The largest absolute Gasteiger partial charge is 0.306 e. The van der Waals surface area contributed by atoms with E-state index in [1.165, 1.54) is 5.56 Å². The Morgan fingerprint density at radius 3 is 2.43 bits per heavy atom. The predicted molar refractivity (Wildman–Crippen MR) is 91.7 cm³/mol. The highest BCUT2D eigenvalue weighted by Gasteiger charge is 2.31. The first-order valence-electron chi connectivity index (χ1n) is 8.46. The van der Waals surface area contributed by atoms with Crippen molar-refractivity contribution in [1.29, 1.82) is 0 Å². The summed E-state index contributed by atoms with van der Waals surface area (Å²) in [6, 6.07) is 11.3. The molecule has 0 saturated carbocycles. The predicted octanol–water partition coefficient (Wildman–Crippen LogP) is 2.06. The molecule has 3 rings (SSSR count). The third-order valence-corrected chi connectivity index (χ3v) is 4.87. The molecule has 2 aromatic rings. The Hall–Kier alpha value is -1.72. The van der Waals surface area contributed by atoms with Gasteiger partial charge in [-0.25, -0.2) is 4.98 Å². The molecule has 1 aromatic carbocycles. The van der Waals surface area contributed by atoms with Crippen molar-refractivity contribution in [3.05, 3.63) is 48.0 Å². The first-order valence-corrected chi connectivity index (χ1v) is 8.46. The van der Waals surface area contributed by atoms with Gasteiger partial charge in [-0.15, -0.1) is 0 Å². The Balaban J connectivity index is 1.55. The molecule has 1 aliphatic heterocycles. The van der Waals surface area contributed by atoms with Gasteiger partial charge in [0.05, 0.1) is 6.54 Å². The van der Waals surface area contributed by atoms with Gasteiger partial charge in [-0.1, -0.05) is 44.2 Å². The van der Waals surface area contributed by atoms with Crippen LogP contribution in [0.2, 0.25) is 0 Å². The summed E-state index contributed by atoms with van der Waals surface area (Å²) in [5.74, 6) is 2.24. The van der Waals surface area contributed by atoms with Gasteiger partial charge >= 0.3 is 0 Å². The average Bonchev–Trinajstić information content (AvgIpc) is 2.93. The van der Waals surface area contributed by atoms with Crippen molar-refractivity contribution < 1.29 is 0 Å². The topological polar surface area (TPSA) is 46.0 Å². The minimum Gasteiger partial charge on any atom is -0.306 e. The van der Waals surface area contributed by atoms with Crippen LogP contribution in [0.3, 0.4) is 0 Å². The lowest BCUT2D eigenvalue weighted by molar-refractivity contribution is 0.0934. The molecule has 1 aromatic heterocycles. The molecule has 124 valence electrons. The molecule has 0 amide bonds. The second-order valence-corrected chi connectivity index (χ2v) is 6.84. The van der Waals surface area contributed by atoms with Crippen molar-refractivity contribution in [3.63, 3.8) is 0 Å². The number of likely N-dealkylation sites (tertiary alicyclic amines) is 1. The highest BCUT2D eigenvalue weighted by atomic mass is 15.3. The Morgan fingerprint density at radius 1 is 1.13 bits per heavy atom. The first kappa shape index (κ1) is 16.1. The van der Waals surface area contributed by atoms with E-state index in [1.54, 1.807) is 6.33 Å². The number of rotatable bonds is 5. The van der Waals surface area contributed by atoms with Crippen molar-refractivity contribution >= 4 is 0 Å². The molecular weight excluding hydrogens is 286 g/mol. The van der Waals surface area contributed by atoms with Crippen LogP contribution in [0.5, 0.6) is 0 Å². The fraction of sp³-hybridized carbons (Fsp3) is 0.556. The molecule has 23 heavy (non-hydrogen) atoms. The molecule has 0 bridgehead atoms. The lowest BCUT2D eigenvalue weighted by Crippen LogP contribution is -2.53. The van der Waals surface area contributed by atoms with Crippen LogP contribution < -0.4 is 5.32 Å². The molecule has 0 radical (unpaired) electrons. The summed E-state index contributed by atoms with van der Waals surface area (Å²) in [6.07, 6.45) is 1.62. The van der Waals surface area contributed by atoms with Gasteiger partial charge in [-0.2, -0.15) is 5.10 Å². The second kappa shape index (κ2) is 7.23. The van der Waals surface area contributed by atoms with Gasteiger partial charge < -0.3 is 5.32 Å². The van der Waals surface area contributed by atoms with E-state index in [4.69, 9.17) is 0 Å². The van der Waals surface area contributed by atoms with E-state index >= 15 is 0 Å². The van der Waals surface area contributed by atoms with Crippen LogP contribution in [0, 0.1) is 11.8 Å². The van der Waals surface area contributed by atoms with Crippen molar-refractivity contribution in [3.8, 4) is 0 Å². The normalized spacial score (nSPS) is 23.3. The lowest BCUT2D eigenvalue weighted by Gasteiger charge is -2.42. The molecule has 5 heteroatoms. The third-order valence-electron chi connectivity index (χ3n) is 4.87. The van der Waals surface area contributed by atoms with Gasteiger partial charge in [0.25, 0.3) is 0 Å². The molecule has 1 aliphatic rings. The van der Waals surface area contributed by atoms with Gasteiger partial charge in [0.2, 0.25) is 0 Å².